The number of methoxy groups -OCH3 is 1. The third kappa shape index (κ3) is 4.10. The van der Waals surface area contributed by atoms with Crippen molar-refractivity contribution in [1.29, 1.82) is 0 Å². The second-order valence-electron chi connectivity index (χ2n) is 6.09. The Morgan fingerprint density at radius 2 is 1.83 bits per heavy atom. The summed E-state index contributed by atoms with van der Waals surface area (Å²) in [6, 6.07) is 11.4. The fourth-order valence-corrected chi connectivity index (χ4v) is 2.63. The summed E-state index contributed by atoms with van der Waals surface area (Å²) in [7, 11) is 1.57. The Hall–Kier alpha value is -2.43. The van der Waals surface area contributed by atoms with E-state index in [1.54, 1.807) is 7.11 Å². The SMILES string of the molecule is COc1ccccc1C(C)(C)NC(=O)CCc1cccc(F)c1F. The van der Waals surface area contributed by atoms with Crippen LogP contribution in [0.25, 0.3) is 0 Å². The molecule has 24 heavy (non-hydrogen) atoms. The topological polar surface area (TPSA) is 38.3 Å². The summed E-state index contributed by atoms with van der Waals surface area (Å²) in [4.78, 5) is 12.2. The number of benzene rings is 2. The molecular weight excluding hydrogens is 312 g/mol. The van der Waals surface area contributed by atoms with Gasteiger partial charge in [0.05, 0.1) is 12.6 Å². The molecule has 1 N–H and O–H groups in total. The number of carbonyl (C=O) groups excluding carboxylic acids is 1. The average molecular weight is 333 g/mol. The lowest BCUT2D eigenvalue weighted by Gasteiger charge is -2.28. The Balaban J connectivity index is 2.04. The van der Waals surface area contributed by atoms with Gasteiger partial charge in [0.25, 0.3) is 0 Å². The summed E-state index contributed by atoms with van der Waals surface area (Å²) in [5.74, 6) is -1.36. The van der Waals surface area contributed by atoms with E-state index in [9.17, 15) is 13.6 Å². The maximum Gasteiger partial charge on any atom is 0.221 e. The number of aryl methyl sites for hydroxylation is 1. The lowest BCUT2D eigenvalue weighted by Crippen LogP contribution is -2.41. The second-order valence-corrected chi connectivity index (χ2v) is 6.09. The molecule has 2 aromatic rings. The van der Waals surface area contributed by atoms with Crippen molar-refractivity contribution < 1.29 is 18.3 Å². The van der Waals surface area contributed by atoms with Crippen molar-refractivity contribution in [2.75, 3.05) is 7.11 Å². The highest BCUT2D eigenvalue weighted by Crippen LogP contribution is 2.29. The zero-order valence-electron chi connectivity index (χ0n) is 14.0. The monoisotopic (exact) mass is 333 g/mol. The van der Waals surface area contributed by atoms with Gasteiger partial charge in [-0.3, -0.25) is 4.79 Å². The minimum absolute atomic E-state index is 0.0684. The molecule has 1 amide bonds. The van der Waals surface area contributed by atoms with Gasteiger partial charge in [-0.1, -0.05) is 30.3 Å². The van der Waals surface area contributed by atoms with Crippen LogP contribution in [0.1, 0.15) is 31.4 Å². The predicted octanol–water partition coefficient (Wildman–Crippen LogP) is 3.96. The van der Waals surface area contributed by atoms with Gasteiger partial charge >= 0.3 is 0 Å². The molecule has 0 fully saturated rings. The first-order valence-corrected chi connectivity index (χ1v) is 7.72. The molecule has 0 unspecified atom stereocenters. The fraction of sp³-hybridized carbons (Fsp3) is 0.316. The Labute approximate surface area is 140 Å². The number of nitrogens with one attached hydrogen (secondary N) is 1. The van der Waals surface area contributed by atoms with Crippen molar-refractivity contribution >= 4 is 5.91 Å². The number of para-hydroxylation sites is 1. The normalized spacial score (nSPS) is 11.2. The minimum atomic E-state index is -0.901. The summed E-state index contributed by atoms with van der Waals surface area (Å²) in [6.45, 7) is 3.73. The molecule has 0 spiro atoms. The number of amides is 1. The van der Waals surface area contributed by atoms with Crippen molar-refractivity contribution in [1.82, 2.24) is 5.32 Å². The minimum Gasteiger partial charge on any atom is -0.496 e. The molecule has 0 aromatic heterocycles. The quantitative estimate of drug-likeness (QED) is 0.869. The van der Waals surface area contributed by atoms with Crippen LogP contribution in [0.2, 0.25) is 0 Å². The molecule has 0 saturated heterocycles. The smallest absolute Gasteiger partial charge is 0.221 e. The van der Waals surface area contributed by atoms with E-state index in [1.165, 1.54) is 12.1 Å². The lowest BCUT2D eigenvalue weighted by molar-refractivity contribution is -0.122. The first kappa shape index (κ1) is 17.9. The number of hydrogen-bond acceptors (Lipinski definition) is 2. The van der Waals surface area contributed by atoms with Crippen LogP contribution in [0.5, 0.6) is 5.75 Å². The molecule has 0 aliphatic heterocycles. The van der Waals surface area contributed by atoms with Crippen molar-refractivity contribution in [3.05, 3.63) is 65.2 Å². The Kier molecular flexibility index (Phi) is 5.54. The van der Waals surface area contributed by atoms with Gasteiger partial charge in [-0.15, -0.1) is 0 Å². The van der Waals surface area contributed by atoms with E-state index in [2.05, 4.69) is 5.32 Å². The zero-order chi connectivity index (χ0) is 17.7. The van der Waals surface area contributed by atoms with Gasteiger partial charge in [0, 0.05) is 12.0 Å². The van der Waals surface area contributed by atoms with Crippen molar-refractivity contribution in [3.63, 3.8) is 0 Å². The number of halogens is 2. The Morgan fingerprint density at radius 1 is 1.12 bits per heavy atom. The van der Waals surface area contributed by atoms with Crippen LogP contribution < -0.4 is 10.1 Å². The standard InChI is InChI=1S/C19H21F2NO2/c1-19(2,14-8-4-5-10-16(14)24-3)22-17(23)12-11-13-7-6-9-15(20)18(13)21/h4-10H,11-12H2,1-3H3,(H,22,23). The first-order chi connectivity index (χ1) is 11.3. The van der Waals surface area contributed by atoms with Gasteiger partial charge in [-0.25, -0.2) is 8.78 Å². The molecule has 0 aliphatic rings. The predicted molar refractivity (Wildman–Crippen MR) is 88.8 cm³/mol. The molecule has 2 aromatic carbocycles. The molecule has 0 aliphatic carbocycles. The number of rotatable bonds is 6. The van der Waals surface area contributed by atoms with Crippen molar-refractivity contribution in [2.45, 2.75) is 32.2 Å². The summed E-state index contributed by atoms with van der Waals surface area (Å²) in [5.41, 5.74) is 0.391. The summed E-state index contributed by atoms with van der Waals surface area (Å²) in [6.07, 6.45) is 0.205. The lowest BCUT2D eigenvalue weighted by atomic mass is 9.93. The Bertz CT molecular complexity index is 729. The third-order valence-corrected chi connectivity index (χ3v) is 3.89. The maximum absolute atomic E-state index is 13.6. The molecular formula is C19H21F2NO2. The summed E-state index contributed by atoms with van der Waals surface area (Å²) < 4.78 is 32.1. The van der Waals surface area contributed by atoms with E-state index in [1.807, 2.05) is 38.1 Å². The fourth-order valence-electron chi connectivity index (χ4n) is 2.63. The number of ether oxygens (including phenoxy) is 1. The van der Waals surface area contributed by atoms with Gasteiger partial charge in [0.1, 0.15) is 5.75 Å². The molecule has 0 saturated carbocycles. The molecule has 0 bridgehead atoms. The molecule has 2 rings (SSSR count). The maximum atomic E-state index is 13.6. The van der Waals surface area contributed by atoms with E-state index in [-0.39, 0.29) is 24.3 Å². The molecule has 128 valence electrons. The average Bonchev–Trinajstić information content (AvgIpc) is 2.55. The van der Waals surface area contributed by atoms with Gasteiger partial charge in [0.2, 0.25) is 5.91 Å². The first-order valence-electron chi connectivity index (χ1n) is 7.72. The van der Waals surface area contributed by atoms with Crippen LogP contribution in [0.3, 0.4) is 0 Å². The zero-order valence-corrected chi connectivity index (χ0v) is 14.0. The number of carbonyl (C=O) groups is 1. The van der Waals surface area contributed by atoms with Gasteiger partial charge in [-0.05, 0) is 38.0 Å². The van der Waals surface area contributed by atoms with Crippen LogP contribution >= 0.6 is 0 Å². The highest BCUT2D eigenvalue weighted by molar-refractivity contribution is 5.77. The molecule has 5 heteroatoms. The van der Waals surface area contributed by atoms with Gasteiger partial charge in [-0.2, -0.15) is 0 Å². The highest BCUT2D eigenvalue weighted by atomic mass is 19.2. The van der Waals surface area contributed by atoms with E-state index in [0.29, 0.717) is 5.75 Å². The molecule has 3 nitrogen and oxygen atoms in total. The Morgan fingerprint density at radius 3 is 2.54 bits per heavy atom. The summed E-state index contributed by atoms with van der Waals surface area (Å²) >= 11 is 0. The van der Waals surface area contributed by atoms with Gasteiger partial charge in [0.15, 0.2) is 11.6 Å². The molecule has 0 atom stereocenters. The highest BCUT2D eigenvalue weighted by Gasteiger charge is 2.26. The van der Waals surface area contributed by atoms with Crippen molar-refractivity contribution in [3.8, 4) is 5.75 Å². The van der Waals surface area contributed by atoms with Gasteiger partial charge < -0.3 is 10.1 Å². The van der Waals surface area contributed by atoms with E-state index in [4.69, 9.17) is 4.74 Å². The van der Waals surface area contributed by atoms with Crippen molar-refractivity contribution in [2.24, 2.45) is 0 Å². The van der Waals surface area contributed by atoms with E-state index < -0.39 is 17.2 Å². The number of hydrogen-bond donors (Lipinski definition) is 1. The third-order valence-electron chi connectivity index (χ3n) is 3.89. The van der Waals surface area contributed by atoms with Crippen LogP contribution in [-0.4, -0.2) is 13.0 Å². The van der Waals surface area contributed by atoms with Crippen LogP contribution in [-0.2, 0) is 16.8 Å². The van der Waals surface area contributed by atoms with Crippen LogP contribution in [0, 0.1) is 11.6 Å². The second kappa shape index (κ2) is 7.43. The van der Waals surface area contributed by atoms with E-state index >= 15 is 0 Å². The molecule has 0 heterocycles. The molecule has 0 radical (unpaired) electrons. The summed E-state index contributed by atoms with van der Waals surface area (Å²) in [5, 5.41) is 2.92. The van der Waals surface area contributed by atoms with Crippen LogP contribution in [0.15, 0.2) is 42.5 Å². The van der Waals surface area contributed by atoms with E-state index in [0.717, 1.165) is 11.6 Å². The largest absolute Gasteiger partial charge is 0.496 e. The van der Waals surface area contributed by atoms with Crippen LogP contribution in [0.4, 0.5) is 8.78 Å².